The van der Waals surface area contributed by atoms with Crippen LogP contribution in [-0.4, -0.2) is 9.97 Å². The van der Waals surface area contributed by atoms with E-state index in [2.05, 4.69) is 71.6 Å². The Morgan fingerprint density at radius 1 is 1.00 bits per heavy atom. The fraction of sp³-hybridized carbons (Fsp3) is 0.273. The maximum atomic E-state index is 5.92. The summed E-state index contributed by atoms with van der Waals surface area (Å²) in [4.78, 5) is 8.73. The van der Waals surface area contributed by atoms with E-state index < -0.39 is 0 Å². The van der Waals surface area contributed by atoms with Gasteiger partial charge in [0, 0.05) is 17.4 Å². The first-order valence-corrected chi connectivity index (χ1v) is 9.09. The van der Waals surface area contributed by atoms with E-state index in [9.17, 15) is 0 Å². The number of rotatable bonds is 7. The topological polar surface area (TPSA) is 63.8 Å². The normalized spacial score (nSPS) is 11.9. The van der Waals surface area contributed by atoms with Crippen LogP contribution in [0.5, 0.6) is 0 Å². The molecule has 0 aliphatic heterocycles. The Balaban J connectivity index is 1.63. The number of hydrogen-bond acceptors (Lipinski definition) is 4. The van der Waals surface area contributed by atoms with Crippen molar-refractivity contribution in [3.05, 3.63) is 77.5 Å². The molecule has 0 amide bonds. The summed E-state index contributed by atoms with van der Waals surface area (Å²) >= 11 is 0. The Labute approximate surface area is 155 Å². The second kappa shape index (κ2) is 8.48. The maximum absolute atomic E-state index is 5.92. The summed E-state index contributed by atoms with van der Waals surface area (Å²) < 4.78 is 0. The van der Waals surface area contributed by atoms with E-state index >= 15 is 0 Å². The van der Waals surface area contributed by atoms with Crippen LogP contribution in [0, 0.1) is 12.8 Å². The van der Waals surface area contributed by atoms with Crippen LogP contribution >= 0.6 is 0 Å². The van der Waals surface area contributed by atoms with Gasteiger partial charge in [0.1, 0.15) is 5.82 Å². The van der Waals surface area contributed by atoms with Gasteiger partial charge in [0.15, 0.2) is 0 Å². The highest BCUT2D eigenvalue weighted by atomic mass is 15.1. The van der Waals surface area contributed by atoms with E-state index in [0.717, 1.165) is 36.5 Å². The minimum atomic E-state index is 0.313. The molecular weight excluding hydrogens is 320 g/mol. The van der Waals surface area contributed by atoms with Crippen molar-refractivity contribution < 1.29 is 0 Å². The maximum Gasteiger partial charge on any atom is 0.222 e. The lowest BCUT2D eigenvalue weighted by Crippen LogP contribution is -2.07. The number of hydrogen-bond donors (Lipinski definition) is 2. The number of aryl methyl sites for hydroxylation is 2. The van der Waals surface area contributed by atoms with Crippen molar-refractivity contribution in [2.24, 2.45) is 5.92 Å². The molecule has 0 aliphatic carbocycles. The lowest BCUT2D eigenvalue weighted by Gasteiger charge is -2.13. The van der Waals surface area contributed by atoms with Crippen LogP contribution in [0.2, 0.25) is 0 Å². The highest BCUT2D eigenvalue weighted by Gasteiger charge is 2.09. The van der Waals surface area contributed by atoms with Crippen molar-refractivity contribution in [3.8, 4) is 0 Å². The molecule has 26 heavy (non-hydrogen) atoms. The Hall–Kier alpha value is -2.88. The summed E-state index contributed by atoms with van der Waals surface area (Å²) in [5.41, 5.74) is 10.5. The summed E-state index contributed by atoms with van der Waals surface area (Å²) in [6, 6.07) is 20.8. The molecule has 3 rings (SSSR count). The van der Waals surface area contributed by atoms with Gasteiger partial charge in [-0.1, -0.05) is 49.4 Å². The minimum absolute atomic E-state index is 0.313. The summed E-state index contributed by atoms with van der Waals surface area (Å²) in [7, 11) is 0. The molecule has 4 heteroatoms. The molecule has 0 bridgehead atoms. The van der Waals surface area contributed by atoms with Gasteiger partial charge in [-0.15, -0.1) is 0 Å². The van der Waals surface area contributed by atoms with Crippen LogP contribution in [0.15, 0.2) is 60.7 Å². The summed E-state index contributed by atoms with van der Waals surface area (Å²) in [5, 5.41) is 3.33. The molecule has 2 aromatic carbocycles. The first-order valence-electron chi connectivity index (χ1n) is 9.09. The Morgan fingerprint density at radius 2 is 1.81 bits per heavy atom. The lowest BCUT2D eigenvalue weighted by atomic mass is 9.97. The van der Waals surface area contributed by atoms with Gasteiger partial charge in [0.2, 0.25) is 5.95 Å². The molecule has 4 nitrogen and oxygen atoms in total. The van der Waals surface area contributed by atoms with Crippen molar-refractivity contribution in [3.63, 3.8) is 0 Å². The third-order valence-corrected chi connectivity index (χ3v) is 4.41. The van der Waals surface area contributed by atoms with E-state index in [-0.39, 0.29) is 0 Å². The predicted molar refractivity (Wildman–Crippen MR) is 109 cm³/mol. The largest absolute Gasteiger partial charge is 0.368 e. The average Bonchev–Trinajstić information content (AvgIpc) is 2.60. The van der Waals surface area contributed by atoms with Gasteiger partial charge < -0.3 is 11.1 Å². The SMILES string of the molecule is Cc1cccc(Nc2cc(CC(C)CCc3ccccc3)nc(N)n2)c1. The average molecular weight is 346 g/mol. The number of nitrogen functional groups attached to an aromatic ring is 1. The molecule has 1 heterocycles. The Bertz CT molecular complexity index is 846. The minimum Gasteiger partial charge on any atom is -0.368 e. The fourth-order valence-electron chi connectivity index (χ4n) is 3.07. The summed E-state index contributed by atoms with van der Waals surface area (Å²) in [5.74, 6) is 1.58. The molecule has 134 valence electrons. The zero-order valence-corrected chi connectivity index (χ0v) is 15.4. The standard InChI is InChI=1S/C22H26N4/c1-16-7-6-10-19(13-16)24-21-15-20(25-22(23)26-21)14-17(2)11-12-18-8-4-3-5-9-18/h3-10,13,15,17H,11-12,14H2,1-2H3,(H3,23,24,25,26). The first-order chi connectivity index (χ1) is 12.6. The summed E-state index contributed by atoms with van der Waals surface area (Å²) in [6.07, 6.45) is 3.09. The fourth-order valence-corrected chi connectivity index (χ4v) is 3.07. The molecule has 0 fully saturated rings. The molecule has 0 saturated carbocycles. The zero-order valence-electron chi connectivity index (χ0n) is 15.4. The molecule has 0 spiro atoms. The van der Waals surface area contributed by atoms with Crippen molar-refractivity contribution in [2.45, 2.75) is 33.1 Å². The van der Waals surface area contributed by atoms with Crippen molar-refractivity contribution in [1.82, 2.24) is 9.97 Å². The first kappa shape index (κ1) is 17.9. The van der Waals surface area contributed by atoms with Gasteiger partial charge >= 0.3 is 0 Å². The van der Waals surface area contributed by atoms with Gasteiger partial charge in [0.05, 0.1) is 0 Å². The molecule has 1 unspecified atom stereocenters. The van der Waals surface area contributed by atoms with Crippen molar-refractivity contribution >= 4 is 17.5 Å². The molecule has 0 aliphatic rings. The number of benzene rings is 2. The van der Waals surface area contributed by atoms with E-state index in [4.69, 9.17) is 5.73 Å². The number of nitrogens with zero attached hydrogens (tertiary/aromatic N) is 2. The van der Waals surface area contributed by atoms with Gasteiger partial charge in [-0.05, 0) is 55.4 Å². The third kappa shape index (κ3) is 5.31. The molecule has 0 radical (unpaired) electrons. The van der Waals surface area contributed by atoms with Crippen LogP contribution in [0.4, 0.5) is 17.5 Å². The molecule has 3 N–H and O–H groups in total. The number of anilines is 3. The van der Waals surface area contributed by atoms with Gasteiger partial charge in [0.25, 0.3) is 0 Å². The van der Waals surface area contributed by atoms with E-state index in [1.54, 1.807) is 0 Å². The second-order valence-corrected chi connectivity index (χ2v) is 6.93. The van der Waals surface area contributed by atoms with Crippen molar-refractivity contribution in [2.75, 3.05) is 11.1 Å². The van der Waals surface area contributed by atoms with Gasteiger partial charge in [-0.3, -0.25) is 0 Å². The van der Waals surface area contributed by atoms with Gasteiger partial charge in [-0.2, -0.15) is 4.98 Å². The molecule has 3 aromatic rings. The lowest BCUT2D eigenvalue weighted by molar-refractivity contribution is 0.524. The number of nitrogens with one attached hydrogen (secondary N) is 1. The molecule has 1 atom stereocenters. The highest BCUT2D eigenvalue weighted by molar-refractivity contribution is 5.58. The number of nitrogens with two attached hydrogens (primary N) is 1. The van der Waals surface area contributed by atoms with Crippen LogP contribution < -0.4 is 11.1 Å². The molecular formula is C22H26N4. The molecule has 1 aromatic heterocycles. The smallest absolute Gasteiger partial charge is 0.222 e. The van der Waals surface area contributed by atoms with Gasteiger partial charge in [-0.25, -0.2) is 4.98 Å². The van der Waals surface area contributed by atoms with Crippen LogP contribution in [-0.2, 0) is 12.8 Å². The second-order valence-electron chi connectivity index (χ2n) is 6.93. The highest BCUT2D eigenvalue weighted by Crippen LogP contribution is 2.20. The van der Waals surface area contributed by atoms with E-state index in [1.165, 1.54) is 11.1 Å². The Morgan fingerprint density at radius 3 is 2.58 bits per heavy atom. The number of aromatic nitrogens is 2. The Kier molecular flexibility index (Phi) is 5.84. The zero-order chi connectivity index (χ0) is 18.4. The van der Waals surface area contributed by atoms with Crippen molar-refractivity contribution in [1.29, 1.82) is 0 Å². The summed E-state index contributed by atoms with van der Waals surface area (Å²) in [6.45, 7) is 4.33. The third-order valence-electron chi connectivity index (χ3n) is 4.41. The monoisotopic (exact) mass is 346 g/mol. The quantitative estimate of drug-likeness (QED) is 0.637. The van der Waals surface area contributed by atoms with E-state index in [1.807, 2.05) is 18.2 Å². The van der Waals surface area contributed by atoms with Crippen LogP contribution in [0.25, 0.3) is 0 Å². The predicted octanol–water partition coefficient (Wildman–Crippen LogP) is 4.92. The van der Waals surface area contributed by atoms with Crippen LogP contribution in [0.1, 0.15) is 30.2 Å². The molecule has 0 saturated heterocycles. The van der Waals surface area contributed by atoms with Crippen LogP contribution in [0.3, 0.4) is 0 Å². The van der Waals surface area contributed by atoms with E-state index in [0.29, 0.717) is 11.9 Å².